The third-order valence-corrected chi connectivity index (χ3v) is 3.62. The molecule has 0 aromatic carbocycles. The van der Waals surface area contributed by atoms with Crippen molar-refractivity contribution in [3.63, 3.8) is 0 Å². The monoisotopic (exact) mass is 277 g/mol. The van der Waals surface area contributed by atoms with Crippen molar-refractivity contribution in [3.05, 3.63) is 0 Å². The molecule has 0 aliphatic rings. The molecule has 0 fully saturated rings. The lowest BCUT2D eigenvalue weighted by Gasteiger charge is -1.94. The molecule has 107 valence electrons. The van der Waals surface area contributed by atoms with E-state index in [9.17, 15) is 0 Å². The summed E-state index contributed by atoms with van der Waals surface area (Å²) in [5.74, 6) is 6.43. The third kappa shape index (κ3) is 17.6. The van der Waals surface area contributed by atoms with Gasteiger partial charge in [-0.1, -0.05) is 88.4 Å². The molecule has 0 atom stereocenters. The van der Waals surface area contributed by atoms with Gasteiger partial charge in [0.15, 0.2) is 0 Å². The minimum atomic E-state index is 1.00. The van der Waals surface area contributed by atoms with Crippen LogP contribution in [0.4, 0.5) is 0 Å². The molecule has 0 spiro atoms. The van der Waals surface area contributed by atoms with Crippen LogP contribution >= 0.6 is 8.58 Å². The van der Waals surface area contributed by atoms with E-state index in [1.54, 1.807) is 0 Å². The van der Waals surface area contributed by atoms with Crippen LogP contribution < -0.4 is 0 Å². The van der Waals surface area contributed by atoms with Gasteiger partial charge < -0.3 is 0 Å². The summed E-state index contributed by atoms with van der Waals surface area (Å²) in [5, 5.41) is 0. The first-order valence-electron chi connectivity index (χ1n) is 8.07. The first-order valence-corrected chi connectivity index (χ1v) is 8.96. The van der Waals surface area contributed by atoms with Crippen LogP contribution in [0.3, 0.4) is 0 Å². The fourth-order valence-electron chi connectivity index (χ4n) is 1.85. The predicted molar refractivity (Wildman–Crippen MR) is 89.2 cm³/mol. The van der Waals surface area contributed by atoms with Crippen LogP contribution in [0, 0.1) is 23.2 Å². The Bertz CT molecular complexity index is 254. The zero-order valence-electron chi connectivity index (χ0n) is 12.9. The number of unbranched alkanes of at least 4 members (excludes halogenated alkanes) is 10. The highest BCUT2D eigenvalue weighted by Crippen LogP contribution is 2.08. The molecule has 1 heteroatoms. The fourth-order valence-corrected chi connectivity index (χ4v) is 2.29. The Morgan fingerprint density at radius 3 is 1.42 bits per heavy atom. The molecule has 0 N–H and O–H groups in total. The highest BCUT2D eigenvalue weighted by atomic mass is 31.1. The van der Waals surface area contributed by atoms with Gasteiger partial charge >= 0.3 is 0 Å². The molecule has 0 saturated heterocycles. The number of rotatable bonds is 10. The first kappa shape index (κ1) is 18.6. The van der Waals surface area contributed by atoms with E-state index < -0.39 is 0 Å². The fraction of sp³-hybridized carbons (Fsp3) is 0.778. The average molecular weight is 277 g/mol. The second kappa shape index (κ2) is 17.6. The van der Waals surface area contributed by atoms with E-state index in [4.69, 9.17) is 0 Å². The largest absolute Gasteiger partial charge is 0.0995 e. The molecule has 0 amide bonds. The average Bonchev–Trinajstić information content (AvgIpc) is 2.43. The topological polar surface area (TPSA) is 0 Å². The van der Waals surface area contributed by atoms with Crippen molar-refractivity contribution in [3.8, 4) is 23.2 Å². The molecule has 0 bridgehead atoms. The first-order chi connectivity index (χ1) is 9.41. The van der Waals surface area contributed by atoms with E-state index in [1.165, 1.54) is 64.2 Å². The lowest BCUT2D eigenvalue weighted by atomic mass is 10.1. The van der Waals surface area contributed by atoms with Gasteiger partial charge in [0.1, 0.15) is 0 Å². The minimum Gasteiger partial charge on any atom is -0.0972 e. The van der Waals surface area contributed by atoms with Gasteiger partial charge in [0.05, 0.1) is 8.58 Å². The molecular formula is C18H30P. The van der Waals surface area contributed by atoms with E-state index in [-0.39, 0.29) is 0 Å². The Morgan fingerprint density at radius 2 is 1.00 bits per heavy atom. The normalized spacial score (nSPS) is 9.37. The van der Waals surface area contributed by atoms with Crippen molar-refractivity contribution in [1.29, 1.82) is 0 Å². The molecule has 0 heterocycles. The zero-order chi connectivity index (χ0) is 14.0. The predicted octanol–water partition coefficient (Wildman–Crippen LogP) is 6.58. The Hall–Kier alpha value is -0.450. The maximum absolute atomic E-state index is 3.22. The van der Waals surface area contributed by atoms with Crippen molar-refractivity contribution >= 4 is 8.58 Å². The molecular weight excluding hydrogens is 247 g/mol. The summed E-state index contributed by atoms with van der Waals surface area (Å²) < 4.78 is 0. The highest BCUT2D eigenvalue weighted by molar-refractivity contribution is 7.49. The zero-order valence-corrected chi connectivity index (χ0v) is 13.8. The quantitative estimate of drug-likeness (QED) is 0.240. The molecule has 1 radical (unpaired) electrons. The van der Waals surface area contributed by atoms with Gasteiger partial charge in [-0.25, -0.2) is 0 Å². The van der Waals surface area contributed by atoms with E-state index in [2.05, 4.69) is 37.0 Å². The van der Waals surface area contributed by atoms with Crippen molar-refractivity contribution in [2.45, 2.75) is 90.9 Å². The standard InChI is InChI=1S/C18H30P/c1-3-5-7-9-11-13-15-17-19-18-16-14-12-10-8-6-4-2/h3-14H2,1-2H3. The molecule has 0 rings (SSSR count). The van der Waals surface area contributed by atoms with Crippen LogP contribution in [0.25, 0.3) is 0 Å². The molecule has 0 aliphatic heterocycles. The summed E-state index contributed by atoms with van der Waals surface area (Å²) in [5.41, 5.74) is 6.27. The molecule has 19 heavy (non-hydrogen) atoms. The van der Waals surface area contributed by atoms with Gasteiger partial charge in [-0.15, -0.1) is 0 Å². The lowest BCUT2D eigenvalue weighted by molar-refractivity contribution is 0.641. The van der Waals surface area contributed by atoms with Crippen LogP contribution in [0.5, 0.6) is 0 Å². The van der Waals surface area contributed by atoms with E-state index in [0.717, 1.165) is 21.4 Å². The summed E-state index contributed by atoms with van der Waals surface area (Å²) in [6.07, 6.45) is 15.4. The summed E-state index contributed by atoms with van der Waals surface area (Å²) in [6, 6.07) is 0. The van der Waals surface area contributed by atoms with E-state index in [0.29, 0.717) is 0 Å². The Kier molecular flexibility index (Phi) is 17.1. The molecule has 0 nitrogen and oxygen atoms in total. The van der Waals surface area contributed by atoms with Gasteiger partial charge in [-0.2, -0.15) is 0 Å². The van der Waals surface area contributed by atoms with Crippen LogP contribution in [0.15, 0.2) is 0 Å². The maximum atomic E-state index is 3.22. The van der Waals surface area contributed by atoms with Crippen molar-refractivity contribution in [2.24, 2.45) is 0 Å². The summed E-state index contributed by atoms with van der Waals surface area (Å²) >= 11 is 0. The van der Waals surface area contributed by atoms with Crippen LogP contribution in [0.2, 0.25) is 0 Å². The molecule has 0 unspecified atom stereocenters. The third-order valence-electron chi connectivity index (χ3n) is 3.08. The van der Waals surface area contributed by atoms with E-state index >= 15 is 0 Å². The highest BCUT2D eigenvalue weighted by Gasteiger charge is 1.86. The van der Waals surface area contributed by atoms with Crippen LogP contribution in [-0.4, -0.2) is 0 Å². The van der Waals surface area contributed by atoms with Crippen molar-refractivity contribution < 1.29 is 0 Å². The van der Waals surface area contributed by atoms with Gasteiger partial charge in [0, 0.05) is 12.8 Å². The maximum Gasteiger partial charge on any atom is 0.0995 e. The van der Waals surface area contributed by atoms with Crippen LogP contribution in [-0.2, 0) is 0 Å². The van der Waals surface area contributed by atoms with Crippen molar-refractivity contribution in [1.82, 2.24) is 0 Å². The SMILES string of the molecule is CCCCCCCC#C[P]C#CCCCCCCC. The summed E-state index contributed by atoms with van der Waals surface area (Å²) in [7, 11) is 1.00. The minimum absolute atomic E-state index is 1.00. The van der Waals surface area contributed by atoms with Gasteiger partial charge in [0.2, 0.25) is 0 Å². The van der Waals surface area contributed by atoms with Gasteiger partial charge in [-0.05, 0) is 12.8 Å². The molecule has 0 aromatic rings. The summed E-state index contributed by atoms with van der Waals surface area (Å²) in [6.45, 7) is 4.50. The molecule has 0 aromatic heterocycles. The van der Waals surface area contributed by atoms with E-state index in [1.807, 2.05) is 0 Å². The Labute approximate surface area is 123 Å². The second-order valence-corrected chi connectivity index (χ2v) is 5.69. The lowest BCUT2D eigenvalue weighted by Crippen LogP contribution is -1.75. The Morgan fingerprint density at radius 1 is 0.579 bits per heavy atom. The number of hydrogen-bond acceptors (Lipinski definition) is 0. The smallest absolute Gasteiger partial charge is 0.0972 e. The van der Waals surface area contributed by atoms with Gasteiger partial charge in [0.25, 0.3) is 0 Å². The number of hydrogen-bond donors (Lipinski definition) is 0. The second-order valence-electron chi connectivity index (χ2n) is 5.02. The Balaban J connectivity index is 3.24. The molecule has 0 aliphatic carbocycles. The summed E-state index contributed by atoms with van der Waals surface area (Å²) in [4.78, 5) is 0. The van der Waals surface area contributed by atoms with Gasteiger partial charge in [-0.3, -0.25) is 0 Å². The van der Waals surface area contributed by atoms with Crippen molar-refractivity contribution in [2.75, 3.05) is 0 Å². The van der Waals surface area contributed by atoms with Crippen LogP contribution in [0.1, 0.15) is 90.9 Å². The molecule has 0 saturated carbocycles.